The molecule has 2 fully saturated rings. The largest absolute Gasteiger partial charge is 0.487 e. The van der Waals surface area contributed by atoms with E-state index in [0.717, 1.165) is 76.5 Å². The summed E-state index contributed by atoms with van der Waals surface area (Å²) in [5.41, 5.74) is -0.502. The van der Waals surface area contributed by atoms with Crippen LogP contribution in [0.1, 0.15) is 54.7 Å². The normalized spacial score (nSPS) is 20.1. The van der Waals surface area contributed by atoms with Crippen LogP contribution in [0, 0.1) is 0 Å². The SMILES string of the molecule is OC1(C(CN2CCNCC2)c2ccc(OCc3ccccc3C(F)(F)F)c(Cl)c2)CCCCC1. The van der Waals surface area contributed by atoms with Crippen molar-refractivity contribution < 1.29 is 23.0 Å². The summed E-state index contributed by atoms with van der Waals surface area (Å²) in [6, 6.07) is 10.8. The van der Waals surface area contributed by atoms with Gasteiger partial charge in [-0.05, 0) is 36.6 Å². The van der Waals surface area contributed by atoms with Crippen LogP contribution in [0.4, 0.5) is 13.2 Å². The van der Waals surface area contributed by atoms with Crippen molar-refractivity contribution in [2.24, 2.45) is 0 Å². The summed E-state index contributed by atoms with van der Waals surface area (Å²) in [5, 5.41) is 15.3. The fourth-order valence-corrected chi connectivity index (χ4v) is 5.42. The molecular formula is C26H32ClF3N2O2. The summed E-state index contributed by atoms with van der Waals surface area (Å²) in [6.07, 6.45) is 0.210. The molecule has 8 heteroatoms. The van der Waals surface area contributed by atoms with E-state index in [1.807, 2.05) is 12.1 Å². The number of benzene rings is 2. The highest BCUT2D eigenvalue weighted by atomic mass is 35.5. The van der Waals surface area contributed by atoms with E-state index in [2.05, 4.69) is 10.2 Å². The van der Waals surface area contributed by atoms with Gasteiger partial charge in [-0.3, -0.25) is 0 Å². The van der Waals surface area contributed by atoms with E-state index in [-0.39, 0.29) is 18.1 Å². The van der Waals surface area contributed by atoms with Crippen molar-refractivity contribution in [1.82, 2.24) is 10.2 Å². The van der Waals surface area contributed by atoms with Crippen LogP contribution in [-0.2, 0) is 12.8 Å². The Balaban J connectivity index is 1.53. The molecule has 2 N–H and O–H groups in total. The van der Waals surface area contributed by atoms with E-state index in [0.29, 0.717) is 10.8 Å². The second kappa shape index (κ2) is 10.9. The molecule has 0 radical (unpaired) electrons. The Morgan fingerprint density at radius 3 is 2.44 bits per heavy atom. The van der Waals surface area contributed by atoms with Crippen LogP contribution in [0.15, 0.2) is 42.5 Å². The Labute approximate surface area is 204 Å². The molecule has 1 heterocycles. The second-order valence-electron chi connectivity index (χ2n) is 9.40. The van der Waals surface area contributed by atoms with Crippen molar-refractivity contribution in [1.29, 1.82) is 0 Å². The molecular weight excluding hydrogens is 465 g/mol. The highest BCUT2D eigenvalue weighted by Crippen LogP contribution is 2.42. The molecule has 0 aromatic heterocycles. The first kappa shape index (κ1) is 25.3. The van der Waals surface area contributed by atoms with Gasteiger partial charge in [-0.2, -0.15) is 13.2 Å². The third-order valence-electron chi connectivity index (χ3n) is 7.08. The Bertz CT molecular complexity index is 957. The predicted molar refractivity (Wildman–Crippen MR) is 127 cm³/mol. The average molecular weight is 497 g/mol. The lowest BCUT2D eigenvalue weighted by molar-refractivity contribution is -0.138. The molecule has 4 nitrogen and oxygen atoms in total. The number of ether oxygens (including phenoxy) is 1. The molecule has 186 valence electrons. The Morgan fingerprint density at radius 2 is 1.76 bits per heavy atom. The van der Waals surface area contributed by atoms with Crippen LogP contribution in [0.5, 0.6) is 5.75 Å². The number of alkyl halides is 3. The van der Waals surface area contributed by atoms with Crippen LogP contribution < -0.4 is 10.1 Å². The highest BCUT2D eigenvalue weighted by molar-refractivity contribution is 6.32. The third kappa shape index (κ3) is 6.06. The molecule has 2 aliphatic rings. The smallest absolute Gasteiger partial charge is 0.416 e. The third-order valence-corrected chi connectivity index (χ3v) is 7.38. The molecule has 2 aromatic rings. The molecule has 2 aromatic carbocycles. The van der Waals surface area contributed by atoms with E-state index < -0.39 is 17.3 Å². The Hall–Kier alpha value is -1.80. The summed E-state index contributed by atoms with van der Waals surface area (Å²) >= 11 is 6.54. The number of hydrogen-bond acceptors (Lipinski definition) is 4. The summed E-state index contributed by atoms with van der Waals surface area (Å²) in [7, 11) is 0. The van der Waals surface area contributed by atoms with E-state index in [1.165, 1.54) is 12.1 Å². The minimum atomic E-state index is -4.44. The van der Waals surface area contributed by atoms with Gasteiger partial charge in [-0.25, -0.2) is 0 Å². The van der Waals surface area contributed by atoms with Gasteiger partial charge in [0.1, 0.15) is 12.4 Å². The minimum Gasteiger partial charge on any atom is -0.487 e. The number of nitrogens with one attached hydrogen (secondary N) is 1. The number of hydrogen-bond donors (Lipinski definition) is 2. The Morgan fingerprint density at radius 1 is 1.06 bits per heavy atom. The standard InChI is InChI=1S/C26H32ClF3N2O2/c27-23-16-19(8-9-24(23)34-18-20-6-2-3-7-21(20)26(28,29)30)22(17-32-14-12-31-13-15-32)25(33)10-4-1-5-11-25/h2-3,6-9,16,22,31,33H,1,4-5,10-15,17-18H2. The first-order valence-corrected chi connectivity index (χ1v) is 12.4. The quantitative estimate of drug-likeness (QED) is 0.522. The molecule has 1 unspecified atom stereocenters. The highest BCUT2D eigenvalue weighted by Gasteiger charge is 2.40. The molecule has 1 aliphatic heterocycles. The lowest BCUT2D eigenvalue weighted by atomic mass is 9.72. The van der Waals surface area contributed by atoms with Gasteiger partial charge in [0.05, 0.1) is 16.2 Å². The first-order chi connectivity index (χ1) is 16.3. The van der Waals surface area contributed by atoms with Crippen molar-refractivity contribution >= 4 is 11.6 Å². The number of halogens is 4. The fraction of sp³-hybridized carbons (Fsp3) is 0.538. The molecule has 1 atom stereocenters. The maximum Gasteiger partial charge on any atom is 0.416 e. The zero-order valence-corrected chi connectivity index (χ0v) is 20.0. The fourth-order valence-electron chi connectivity index (χ4n) is 5.18. The summed E-state index contributed by atoms with van der Waals surface area (Å²) in [6.45, 7) is 4.23. The van der Waals surface area contributed by atoms with Crippen LogP contribution in [0.2, 0.25) is 5.02 Å². The number of nitrogens with zero attached hydrogens (tertiary/aromatic N) is 1. The van der Waals surface area contributed by atoms with Gasteiger partial charge < -0.3 is 20.1 Å². The Kier molecular flexibility index (Phi) is 8.08. The number of rotatable bonds is 7. The summed E-state index contributed by atoms with van der Waals surface area (Å²) in [4.78, 5) is 2.38. The average Bonchev–Trinajstić information content (AvgIpc) is 2.82. The molecule has 1 saturated carbocycles. The van der Waals surface area contributed by atoms with Gasteiger partial charge >= 0.3 is 6.18 Å². The van der Waals surface area contributed by atoms with E-state index in [9.17, 15) is 18.3 Å². The summed E-state index contributed by atoms with van der Waals surface area (Å²) < 4.78 is 45.6. The monoisotopic (exact) mass is 496 g/mol. The summed E-state index contributed by atoms with van der Waals surface area (Å²) in [5.74, 6) is 0.238. The van der Waals surface area contributed by atoms with Crippen LogP contribution in [-0.4, -0.2) is 48.3 Å². The number of piperazine rings is 1. The van der Waals surface area contributed by atoms with Crippen LogP contribution >= 0.6 is 11.6 Å². The van der Waals surface area contributed by atoms with Crippen molar-refractivity contribution in [2.45, 2.75) is 56.4 Å². The maximum absolute atomic E-state index is 13.3. The van der Waals surface area contributed by atoms with E-state index >= 15 is 0 Å². The maximum atomic E-state index is 13.3. The molecule has 1 aliphatic carbocycles. The lowest BCUT2D eigenvalue weighted by Crippen LogP contribution is -2.49. The molecule has 34 heavy (non-hydrogen) atoms. The van der Waals surface area contributed by atoms with Gasteiger partial charge in [0.2, 0.25) is 0 Å². The van der Waals surface area contributed by atoms with E-state index in [4.69, 9.17) is 16.3 Å². The van der Waals surface area contributed by atoms with Crippen molar-refractivity contribution in [2.75, 3.05) is 32.7 Å². The van der Waals surface area contributed by atoms with Gasteiger partial charge in [0, 0.05) is 44.2 Å². The zero-order valence-electron chi connectivity index (χ0n) is 19.2. The van der Waals surface area contributed by atoms with Gasteiger partial charge in [0.15, 0.2) is 0 Å². The second-order valence-corrected chi connectivity index (χ2v) is 9.81. The first-order valence-electron chi connectivity index (χ1n) is 12.0. The van der Waals surface area contributed by atoms with Crippen molar-refractivity contribution in [3.05, 3.63) is 64.2 Å². The number of aliphatic hydroxyl groups is 1. The van der Waals surface area contributed by atoms with Crippen LogP contribution in [0.3, 0.4) is 0 Å². The zero-order chi connectivity index (χ0) is 24.2. The van der Waals surface area contributed by atoms with Gasteiger partial charge in [0.25, 0.3) is 0 Å². The van der Waals surface area contributed by atoms with Crippen molar-refractivity contribution in [3.63, 3.8) is 0 Å². The molecule has 0 amide bonds. The minimum absolute atomic E-state index is 0.0586. The van der Waals surface area contributed by atoms with E-state index in [1.54, 1.807) is 12.1 Å². The molecule has 4 rings (SSSR count). The predicted octanol–water partition coefficient (Wildman–Crippen LogP) is 5.62. The molecule has 0 bridgehead atoms. The van der Waals surface area contributed by atoms with Gasteiger partial charge in [-0.1, -0.05) is 55.1 Å². The van der Waals surface area contributed by atoms with Crippen LogP contribution in [0.25, 0.3) is 0 Å². The van der Waals surface area contributed by atoms with Crippen molar-refractivity contribution in [3.8, 4) is 5.75 Å². The molecule has 0 spiro atoms. The topological polar surface area (TPSA) is 44.7 Å². The molecule has 1 saturated heterocycles. The lowest BCUT2D eigenvalue weighted by Gasteiger charge is -2.42. The van der Waals surface area contributed by atoms with Gasteiger partial charge in [-0.15, -0.1) is 0 Å².